The highest BCUT2D eigenvalue weighted by molar-refractivity contribution is 5.82. The van der Waals surface area contributed by atoms with E-state index in [9.17, 15) is 4.79 Å². The van der Waals surface area contributed by atoms with Crippen molar-refractivity contribution >= 4 is 5.91 Å². The van der Waals surface area contributed by atoms with Crippen LogP contribution < -0.4 is 4.74 Å². The van der Waals surface area contributed by atoms with Gasteiger partial charge in [0, 0.05) is 19.5 Å². The molecule has 1 aromatic rings. The average molecular weight is 273 g/mol. The first-order valence-electron chi connectivity index (χ1n) is 7.77. The van der Waals surface area contributed by atoms with Crippen LogP contribution >= 0.6 is 0 Å². The van der Waals surface area contributed by atoms with E-state index in [2.05, 4.69) is 0 Å². The zero-order valence-electron chi connectivity index (χ0n) is 12.2. The lowest BCUT2D eigenvalue weighted by atomic mass is 10.1. The first kappa shape index (κ1) is 13.5. The third-order valence-corrected chi connectivity index (χ3v) is 4.64. The van der Waals surface area contributed by atoms with Crippen molar-refractivity contribution in [3.05, 3.63) is 29.8 Å². The number of carbonyl (C=O) groups is 1. The molecule has 3 heteroatoms. The summed E-state index contributed by atoms with van der Waals surface area (Å²) in [6, 6.07) is 8.37. The highest BCUT2D eigenvalue weighted by Crippen LogP contribution is 2.30. The number of nitrogens with zero attached hydrogens (tertiary/aromatic N) is 1. The van der Waals surface area contributed by atoms with Crippen LogP contribution in [0.5, 0.6) is 5.75 Å². The maximum absolute atomic E-state index is 12.6. The summed E-state index contributed by atoms with van der Waals surface area (Å²) in [5, 5.41) is 0. The molecule has 1 aliphatic heterocycles. The van der Waals surface area contributed by atoms with Crippen LogP contribution in [0.4, 0.5) is 0 Å². The molecular formula is C17H23NO2. The van der Waals surface area contributed by atoms with E-state index in [1.54, 1.807) is 0 Å². The molecule has 1 aliphatic carbocycles. The molecule has 2 aliphatic rings. The number of para-hydroxylation sites is 1. The molecule has 1 unspecified atom stereocenters. The summed E-state index contributed by atoms with van der Waals surface area (Å²) in [5.41, 5.74) is 1.15. The van der Waals surface area contributed by atoms with Gasteiger partial charge in [-0.15, -0.1) is 0 Å². The van der Waals surface area contributed by atoms with Gasteiger partial charge in [-0.2, -0.15) is 0 Å². The van der Waals surface area contributed by atoms with Crippen LogP contribution in [-0.2, 0) is 11.2 Å². The number of ether oxygens (including phenoxy) is 1. The number of carbonyl (C=O) groups excluding carboxylic acids is 1. The van der Waals surface area contributed by atoms with Crippen LogP contribution in [-0.4, -0.2) is 30.0 Å². The molecule has 108 valence electrons. The van der Waals surface area contributed by atoms with Gasteiger partial charge in [0.1, 0.15) is 5.75 Å². The Morgan fingerprint density at radius 2 is 1.85 bits per heavy atom. The van der Waals surface area contributed by atoms with Gasteiger partial charge in [0.2, 0.25) is 0 Å². The number of amides is 1. The molecule has 3 nitrogen and oxygen atoms in total. The minimum absolute atomic E-state index is 0.146. The summed E-state index contributed by atoms with van der Waals surface area (Å²) in [5.74, 6) is 1.02. The Kier molecular flexibility index (Phi) is 3.95. The number of hydrogen-bond acceptors (Lipinski definition) is 2. The minimum Gasteiger partial charge on any atom is -0.480 e. The highest BCUT2D eigenvalue weighted by atomic mass is 16.5. The first-order valence-corrected chi connectivity index (χ1v) is 7.77. The maximum Gasteiger partial charge on any atom is 0.263 e. The van der Waals surface area contributed by atoms with Crippen molar-refractivity contribution in [2.45, 2.75) is 57.1 Å². The third-order valence-electron chi connectivity index (χ3n) is 4.64. The van der Waals surface area contributed by atoms with Crippen molar-refractivity contribution < 1.29 is 9.53 Å². The molecule has 1 saturated carbocycles. The van der Waals surface area contributed by atoms with Crippen LogP contribution in [0, 0.1) is 0 Å². The molecule has 1 heterocycles. The third kappa shape index (κ3) is 2.67. The van der Waals surface area contributed by atoms with Gasteiger partial charge in [-0.25, -0.2) is 0 Å². The van der Waals surface area contributed by atoms with Crippen LogP contribution in [0.1, 0.15) is 44.1 Å². The maximum atomic E-state index is 12.6. The minimum atomic E-state index is -0.319. The van der Waals surface area contributed by atoms with Crippen molar-refractivity contribution in [1.29, 1.82) is 0 Å². The molecule has 0 N–H and O–H groups in total. The number of benzene rings is 1. The second-order valence-electron chi connectivity index (χ2n) is 6.01. The van der Waals surface area contributed by atoms with Gasteiger partial charge in [0.05, 0.1) is 0 Å². The van der Waals surface area contributed by atoms with Gasteiger partial charge in [-0.1, -0.05) is 43.9 Å². The van der Waals surface area contributed by atoms with Crippen LogP contribution in [0.15, 0.2) is 24.3 Å². The summed E-state index contributed by atoms with van der Waals surface area (Å²) < 4.78 is 5.82. The van der Waals surface area contributed by atoms with E-state index in [1.807, 2.05) is 36.2 Å². The normalized spacial score (nSPS) is 22.8. The largest absolute Gasteiger partial charge is 0.480 e. The molecule has 0 spiro atoms. The molecule has 1 aromatic carbocycles. The van der Waals surface area contributed by atoms with Crippen LogP contribution in [0.3, 0.4) is 0 Å². The zero-order chi connectivity index (χ0) is 13.9. The van der Waals surface area contributed by atoms with E-state index in [-0.39, 0.29) is 12.0 Å². The zero-order valence-corrected chi connectivity index (χ0v) is 12.2. The average Bonchev–Trinajstić information content (AvgIpc) is 2.72. The van der Waals surface area contributed by atoms with Gasteiger partial charge in [0.25, 0.3) is 5.91 Å². The van der Waals surface area contributed by atoms with E-state index in [4.69, 9.17) is 4.74 Å². The second kappa shape index (κ2) is 5.86. The smallest absolute Gasteiger partial charge is 0.263 e. The Hall–Kier alpha value is -1.51. The molecule has 0 bridgehead atoms. The van der Waals surface area contributed by atoms with Crippen LogP contribution in [0.2, 0.25) is 0 Å². The molecule has 1 amide bonds. The topological polar surface area (TPSA) is 29.5 Å². The number of rotatable bonds is 2. The van der Waals surface area contributed by atoms with Gasteiger partial charge in [0.15, 0.2) is 6.10 Å². The molecule has 0 saturated heterocycles. The summed E-state index contributed by atoms with van der Waals surface area (Å²) in [6.45, 7) is 0. The molecule has 0 radical (unpaired) electrons. The molecule has 20 heavy (non-hydrogen) atoms. The van der Waals surface area contributed by atoms with E-state index < -0.39 is 0 Å². The van der Waals surface area contributed by atoms with Gasteiger partial charge in [-0.3, -0.25) is 4.79 Å². The fourth-order valence-electron chi connectivity index (χ4n) is 3.37. The Balaban J connectivity index is 1.64. The standard InChI is InChI=1S/C17H23NO2/c1-18(14-9-4-2-3-5-10-14)17(19)16-12-13-8-6-7-11-15(13)20-16/h6-8,11,14,16H,2-5,9-10,12H2,1H3. The quantitative estimate of drug-likeness (QED) is 0.775. The second-order valence-corrected chi connectivity index (χ2v) is 6.01. The lowest BCUT2D eigenvalue weighted by Crippen LogP contribution is -2.44. The van der Waals surface area contributed by atoms with Gasteiger partial charge < -0.3 is 9.64 Å². The fraction of sp³-hybridized carbons (Fsp3) is 0.588. The van der Waals surface area contributed by atoms with Crippen molar-refractivity contribution in [3.8, 4) is 5.75 Å². The lowest BCUT2D eigenvalue weighted by Gasteiger charge is -2.29. The Morgan fingerprint density at radius 3 is 2.55 bits per heavy atom. The number of fused-ring (bicyclic) bond motifs is 1. The van der Waals surface area contributed by atoms with Crippen molar-refractivity contribution in [2.75, 3.05) is 7.05 Å². The summed E-state index contributed by atoms with van der Waals surface area (Å²) in [7, 11) is 1.95. The fourth-order valence-corrected chi connectivity index (χ4v) is 3.37. The van der Waals surface area contributed by atoms with Crippen molar-refractivity contribution in [3.63, 3.8) is 0 Å². The van der Waals surface area contributed by atoms with Gasteiger partial charge in [-0.05, 0) is 24.5 Å². The van der Waals surface area contributed by atoms with E-state index >= 15 is 0 Å². The summed E-state index contributed by atoms with van der Waals surface area (Å²) in [6.07, 6.45) is 7.78. The SMILES string of the molecule is CN(C(=O)C1Cc2ccccc2O1)C1CCCCCC1. The molecule has 1 atom stereocenters. The van der Waals surface area contributed by atoms with Crippen molar-refractivity contribution in [1.82, 2.24) is 4.90 Å². The predicted molar refractivity (Wildman–Crippen MR) is 78.8 cm³/mol. The Morgan fingerprint density at radius 1 is 1.15 bits per heavy atom. The van der Waals surface area contributed by atoms with E-state index in [1.165, 1.54) is 25.7 Å². The summed E-state index contributed by atoms with van der Waals surface area (Å²) in [4.78, 5) is 14.6. The van der Waals surface area contributed by atoms with Gasteiger partial charge >= 0.3 is 0 Å². The first-order chi connectivity index (χ1) is 9.75. The highest BCUT2D eigenvalue weighted by Gasteiger charge is 2.33. The number of likely N-dealkylation sites (N-methyl/N-ethyl adjacent to an activating group) is 1. The monoisotopic (exact) mass is 273 g/mol. The molecule has 3 rings (SSSR count). The predicted octanol–water partition coefficient (Wildman–Crippen LogP) is 3.17. The number of hydrogen-bond donors (Lipinski definition) is 0. The molecule has 1 fully saturated rings. The summed E-state index contributed by atoms with van der Waals surface area (Å²) >= 11 is 0. The molecule has 0 aromatic heterocycles. The Bertz CT molecular complexity index is 453. The van der Waals surface area contributed by atoms with Crippen molar-refractivity contribution in [2.24, 2.45) is 0 Å². The van der Waals surface area contributed by atoms with E-state index in [0.29, 0.717) is 12.5 Å². The van der Waals surface area contributed by atoms with Crippen LogP contribution in [0.25, 0.3) is 0 Å². The Labute approximate surface area is 120 Å². The molecular weight excluding hydrogens is 250 g/mol. The lowest BCUT2D eigenvalue weighted by molar-refractivity contribution is -0.139. The van der Waals surface area contributed by atoms with E-state index in [0.717, 1.165) is 24.2 Å².